The molecule has 3 heterocycles. The molecule has 0 spiro atoms. The molecule has 0 N–H and O–H groups in total. The van der Waals surface area contributed by atoms with Gasteiger partial charge in [0.1, 0.15) is 10.7 Å². The van der Waals surface area contributed by atoms with Crippen LogP contribution in [0.2, 0.25) is 5.15 Å². The van der Waals surface area contributed by atoms with Crippen molar-refractivity contribution < 1.29 is 0 Å². The highest BCUT2D eigenvalue weighted by Gasteiger charge is 2.08. The van der Waals surface area contributed by atoms with Crippen molar-refractivity contribution in [2.24, 2.45) is 0 Å². The highest BCUT2D eigenvalue weighted by atomic mass is 35.5. The zero-order chi connectivity index (χ0) is 11.8. The summed E-state index contributed by atoms with van der Waals surface area (Å²) >= 11 is 7.57. The second-order valence-corrected chi connectivity index (χ2v) is 5.23. The van der Waals surface area contributed by atoms with Crippen LogP contribution in [0.15, 0.2) is 30.7 Å². The first-order valence-corrected chi connectivity index (χ1v) is 6.26. The van der Waals surface area contributed by atoms with Gasteiger partial charge in [-0.05, 0) is 24.6 Å². The Morgan fingerprint density at radius 3 is 3.00 bits per heavy atom. The SMILES string of the molecule is Cc1nc2cncc(-c3ccnc(Cl)c3)c2s1. The predicted octanol–water partition coefficient (Wildman–Crippen LogP) is 3.72. The summed E-state index contributed by atoms with van der Waals surface area (Å²) < 4.78 is 1.14. The summed E-state index contributed by atoms with van der Waals surface area (Å²) in [6.07, 6.45) is 5.32. The van der Waals surface area contributed by atoms with Gasteiger partial charge in [-0.3, -0.25) is 4.98 Å². The molecule has 0 bridgehead atoms. The van der Waals surface area contributed by atoms with E-state index in [9.17, 15) is 0 Å². The first kappa shape index (κ1) is 10.6. The van der Waals surface area contributed by atoms with Crippen molar-refractivity contribution in [3.63, 3.8) is 0 Å². The van der Waals surface area contributed by atoms with E-state index in [0.717, 1.165) is 26.4 Å². The summed E-state index contributed by atoms with van der Waals surface area (Å²) in [5.74, 6) is 0. The quantitative estimate of drug-likeness (QED) is 0.627. The maximum atomic E-state index is 5.91. The Balaban J connectivity index is 2.30. The first-order chi connectivity index (χ1) is 8.24. The van der Waals surface area contributed by atoms with Gasteiger partial charge in [-0.15, -0.1) is 11.3 Å². The molecule has 0 atom stereocenters. The Kier molecular flexibility index (Phi) is 2.53. The summed E-state index contributed by atoms with van der Waals surface area (Å²) in [5, 5.41) is 1.52. The van der Waals surface area contributed by atoms with Gasteiger partial charge in [-0.1, -0.05) is 11.6 Å². The normalized spacial score (nSPS) is 10.9. The highest BCUT2D eigenvalue weighted by Crippen LogP contribution is 2.32. The number of nitrogens with zero attached hydrogens (tertiary/aromatic N) is 3. The lowest BCUT2D eigenvalue weighted by Gasteiger charge is -2.01. The van der Waals surface area contributed by atoms with Crippen LogP contribution in [0.4, 0.5) is 0 Å². The molecule has 0 aliphatic heterocycles. The molecule has 84 valence electrons. The van der Waals surface area contributed by atoms with Gasteiger partial charge in [-0.2, -0.15) is 0 Å². The number of aryl methyl sites for hydroxylation is 1. The lowest BCUT2D eigenvalue weighted by atomic mass is 10.1. The monoisotopic (exact) mass is 261 g/mol. The van der Waals surface area contributed by atoms with E-state index in [0.29, 0.717) is 5.15 Å². The van der Waals surface area contributed by atoms with Crippen LogP contribution in [0.3, 0.4) is 0 Å². The third kappa shape index (κ3) is 1.90. The highest BCUT2D eigenvalue weighted by molar-refractivity contribution is 7.19. The number of halogens is 1. The average Bonchev–Trinajstić information content (AvgIpc) is 2.68. The van der Waals surface area contributed by atoms with Gasteiger partial charge in [0.05, 0.1) is 15.9 Å². The second-order valence-electron chi connectivity index (χ2n) is 3.64. The van der Waals surface area contributed by atoms with Crippen LogP contribution >= 0.6 is 22.9 Å². The van der Waals surface area contributed by atoms with Crippen LogP contribution in [0.25, 0.3) is 21.3 Å². The third-order valence-electron chi connectivity index (χ3n) is 2.44. The molecule has 0 aromatic carbocycles. The molecular formula is C12H8ClN3S. The van der Waals surface area contributed by atoms with Crippen molar-refractivity contribution in [1.29, 1.82) is 0 Å². The van der Waals surface area contributed by atoms with Crippen LogP contribution in [-0.4, -0.2) is 15.0 Å². The summed E-state index contributed by atoms with van der Waals surface area (Å²) in [6.45, 7) is 1.99. The number of hydrogen-bond donors (Lipinski definition) is 0. The van der Waals surface area contributed by atoms with Gasteiger partial charge >= 0.3 is 0 Å². The van der Waals surface area contributed by atoms with Crippen LogP contribution < -0.4 is 0 Å². The van der Waals surface area contributed by atoms with Gasteiger partial charge in [-0.25, -0.2) is 9.97 Å². The van der Waals surface area contributed by atoms with Crippen molar-refractivity contribution >= 4 is 33.2 Å². The molecule has 3 nitrogen and oxygen atoms in total. The summed E-state index contributed by atoms with van der Waals surface area (Å²) in [4.78, 5) is 12.6. The maximum Gasteiger partial charge on any atom is 0.129 e. The van der Waals surface area contributed by atoms with Gasteiger partial charge in [0.2, 0.25) is 0 Å². The number of rotatable bonds is 1. The molecule has 0 fully saturated rings. The smallest absolute Gasteiger partial charge is 0.129 e. The molecule has 0 saturated heterocycles. The van der Waals surface area contributed by atoms with Crippen molar-refractivity contribution in [1.82, 2.24) is 15.0 Å². The van der Waals surface area contributed by atoms with E-state index in [1.807, 2.05) is 25.3 Å². The second kappa shape index (κ2) is 4.05. The Labute approximate surface area is 107 Å². The van der Waals surface area contributed by atoms with Gasteiger partial charge < -0.3 is 0 Å². The number of fused-ring (bicyclic) bond motifs is 1. The lowest BCUT2D eigenvalue weighted by Crippen LogP contribution is -1.82. The summed E-state index contributed by atoms with van der Waals surface area (Å²) in [7, 11) is 0. The number of aromatic nitrogens is 3. The largest absolute Gasteiger partial charge is 0.262 e. The minimum atomic E-state index is 0.487. The fraction of sp³-hybridized carbons (Fsp3) is 0.0833. The fourth-order valence-corrected chi connectivity index (χ4v) is 2.84. The summed E-state index contributed by atoms with van der Waals surface area (Å²) in [6, 6.07) is 3.77. The van der Waals surface area contributed by atoms with Crippen molar-refractivity contribution in [3.8, 4) is 11.1 Å². The molecule has 5 heteroatoms. The average molecular weight is 262 g/mol. The Morgan fingerprint density at radius 2 is 2.18 bits per heavy atom. The van der Waals surface area contributed by atoms with E-state index < -0.39 is 0 Å². The van der Waals surface area contributed by atoms with Crippen LogP contribution in [-0.2, 0) is 0 Å². The molecule has 0 aliphatic rings. The Bertz CT molecular complexity index is 693. The van der Waals surface area contributed by atoms with E-state index >= 15 is 0 Å². The standard InChI is InChI=1S/C12H8ClN3S/c1-7-16-10-6-14-5-9(12(10)17-7)8-2-3-15-11(13)4-8/h2-6H,1H3. The van der Waals surface area contributed by atoms with Crippen molar-refractivity contribution in [2.45, 2.75) is 6.92 Å². The van der Waals surface area contributed by atoms with Gasteiger partial charge in [0.25, 0.3) is 0 Å². The van der Waals surface area contributed by atoms with Crippen LogP contribution in [0.1, 0.15) is 5.01 Å². The molecule has 0 aliphatic carbocycles. The molecule has 3 rings (SSSR count). The minimum Gasteiger partial charge on any atom is -0.262 e. The zero-order valence-corrected chi connectivity index (χ0v) is 10.6. The first-order valence-electron chi connectivity index (χ1n) is 5.07. The Morgan fingerprint density at radius 1 is 1.29 bits per heavy atom. The van der Waals surface area contributed by atoms with E-state index in [1.165, 1.54) is 0 Å². The van der Waals surface area contributed by atoms with E-state index in [4.69, 9.17) is 11.6 Å². The maximum absolute atomic E-state index is 5.91. The van der Waals surface area contributed by atoms with Crippen molar-refractivity contribution in [3.05, 3.63) is 40.9 Å². The van der Waals surface area contributed by atoms with Crippen LogP contribution in [0.5, 0.6) is 0 Å². The lowest BCUT2D eigenvalue weighted by molar-refractivity contribution is 1.29. The molecule has 0 radical (unpaired) electrons. The van der Waals surface area contributed by atoms with E-state index in [-0.39, 0.29) is 0 Å². The van der Waals surface area contributed by atoms with Crippen LogP contribution in [0, 0.1) is 6.92 Å². The molecule has 17 heavy (non-hydrogen) atoms. The molecule has 0 saturated carbocycles. The van der Waals surface area contributed by atoms with E-state index in [2.05, 4.69) is 15.0 Å². The zero-order valence-electron chi connectivity index (χ0n) is 9.01. The van der Waals surface area contributed by atoms with Gasteiger partial charge in [0, 0.05) is 18.0 Å². The number of hydrogen-bond acceptors (Lipinski definition) is 4. The third-order valence-corrected chi connectivity index (χ3v) is 3.67. The fourth-order valence-electron chi connectivity index (χ4n) is 1.74. The minimum absolute atomic E-state index is 0.487. The predicted molar refractivity (Wildman–Crippen MR) is 70.4 cm³/mol. The molecule has 0 amide bonds. The van der Waals surface area contributed by atoms with Gasteiger partial charge in [0.15, 0.2) is 0 Å². The molecule has 3 aromatic heterocycles. The van der Waals surface area contributed by atoms with E-state index in [1.54, 1.807) is 23.7 Å². The topological polar surface area (TPSA) is 38.7 Å². The molecule has 3 aromatic rings. The number of pyridine rings is 2. The summed E-state index contributed by atoms with van der Waals surface area (Å²) in [5.41, 5.74) is 3.00. The van der Waals surface area contributed by atoms with Crippen molar-refractivity contribution in [2.75, 3.05) is 0 Å². The Hall–Kier alpha value is -1.52. The molecular weight excluding hydrogens is 254 g/mol. The number of thiazole rings is 1. The molecule has 0 unspecified atom stereocenters.